The highest BCUT2D eigenvalue weighted by molar-refractivity contribution is 7.99. The van der Waals surface area contributed by atoms with Gasteiger partial charge >= 0.3 is 0 Å². The molecule has 0 unspecified atom stereocenters. The standard InChI is InChI=1S/C24H22N4O3S/c1-16-7-9-17(10-8-16)23(30)27-26-22(29)15-32-24-25-20-5-3-4-6-21(20)28(24)18-11-13-19(31-2)14-12-18/h3-14H,15H2,1-2H3,(H,26,29)(H,27,30). The molecule has 1 aromatic heterocycles. The van der Waals surface area contributed by atoms with E-state index in [1.54, 1.807) is 19.2 Å². The average molecular weight is 447 g/mol. The number of benzene rings is 3. The molecule has 1 heterocycles. The molecule has 162 valence electrons. The maximum atomic E-state index is 12.4. The van der Waals surface area contributed by atoms with Crippen LogP contribution < -0.4 is 15.6 Å². The molecular weight excluding hydrogens is 424 g/mol. The highest BCUT2D eigenvalue weighted by atomic mass is 32.2. The van der Waals surface area contributed by atoms with Gasteiger partial charge in [0.05, 0.1) is 23.9 Å². The summed E-state index contributed by atoms with van der Waals surface area (Å²) in [4.78, 5) is 29.2. The van der Waals surface area contributed by atoms with Gasteiger partial charge in [0.1, 0.15) is 5.75 Å². The van der Waals surface area contributed by atoms with Crippen LogP contribution in [0.2, 0.25) is 0 Å². The Kier molecular flexibility index (Phi) is 6.42. The van der Waals surface area contributed by atoms with Gasteiger partial charge in [-0.15, -0.1) is 0 Å². The van der Waals surface area contributed by atoms with E-state index in [0.717, 1.165) is 28.0 Å². The van der Waals surface area contributed by atoms with Crippen molar-refractivity contribution in [3.8, 4) is 11.4 Å². The zero-order chi connectivity index (χ0) is 22.5. The van der Waals surface area contributed by atoms with Crippen molar-refractivity contribution >= 4 is 34.6 Å². The number of methoxy groups -OCH3 is 1. The van der Waals surface area contributed by atoms with E-state index in [-0.39, 0.29) is 17.6 Å². The van der Waals surface area contributed by atoms with E-state index in [0.29, 0.717) is 10.7 Å². The molecule has 2 amide bonds. The van der Waals surface area contributed by atoms with Gasteiger partial charge < -0.3 is 4.74 Å². The summed E-state index contributed by atoms with van der Waals surface area (Å²) in [6.07, 6.45) is 0. The molecular formula is C24H22N4O3S. The molecule has 0 bridgehead atoms. The predicted octanol–water partition coefficient (Wildman–Crippen LogP) is 3.90. The zero-order valence-electron chi connectivity index (χ0n) is 17.7. The lowest BCUT2D eigenvalue weighted by Crippen LogP contribution is -2.42. The van der Waals surface area contributed by atoms with Crippen molar-refractivity contribution in [3.05, 3.63) is 83.9 Å². The fourth-order valence-electron chi connectivity index (χ4n) is 3.15. The Hall–Kier alpha value is -3.78. The molecule has 3 aromatic carbocycles. The molecule has 4 aromatic rings. The van der Waals surface area contributed by atoms with E-state index in [1.165, 1.54) is 11.8 Å². The highest BCUT2D eigenvalue weighted by Crippen LogP contribution is 2.28. The Morgan fingerprint density at radius 3 is 2.41 bits per heavy atom. The van der Waals surface area contributed by atoms with E-state index in [2.05, 4.69) is 15.8 Å². The number of hydrogen-bond donors (Lipinski definition) is 2. The van der Waals surface area contributed by atoms with Gasteiger partial charge in [-0.1, -0.05) is 41.6 Å². The van der Waals surface area contributed by atoms with Gasteiger partial charge in [0.2, 0.25) is 5.91 Å². The summed E-state index contributed by atoms with van der Waals surface area (Å²) in [5.41, 5.74) is 9.12. The average Bonchev–Trinajstić information content (AvgIpc) is 3.20. The van der Waals surface area contributed by atoms with Gasteiger partial charge in [-0.05, 0) is 55.5 Å². The molecule has 0 saturated heterocycles. The van der Waals surface area contributed by atoms with Crippen molar-refractivity contribution in [2.75, 3.05) is 12.9 Å². The molecule has 0 aliphatic carbocycles. The Morgan fingerprint density at radius 2 is 1.69 bits per heavy atom. The van der Waals surface area contributed by atoms with Gasteiger partial charge in [-0.3, -0.25) is 25.0 Å². The first-order valence-electron chi connectivity index (χ1n) is 9.96. The summed E-state index contributed by atoms with van der Waals surface area (Å²) in [5, 5.41) is 0.677. The maximum absolute atomic E-state index is 12.4. The third-order valence-electron chi connectivity index (χ3n) is 4.82. The summed E-state index contributed by atoms with van der Waals surface area (Å²) >= 11 is 1.29. The normalized spacial score (nSPS) is 10.7. The van der Waals surface area contributed by atoms with Crippen LogP contribution in [-0.4, -0.2) is 34.2 Å². The molecule has 7 nitrogen and oxygen atoms in total. The Morgan fingerprint density at radius 1 is 0.969 bits per heavy atom. The van der Waals surface area contributed by atoms with Crippen LogP contribution in [0.15, 0.2) is 78.0 Å². The maximum Gasteiger partial charge on any atom is 0.269 e. The van der Waals surface area contributed by atoms with E-state index >= 15 is 0 Å². The van der Waals surface area contributed by atoms with Crippen molar-refractivity contribution in [1.29, 1.82) is 0 Å². The van der Waals surface area contributed by atoms with Crippen molar-refractivity contribution in [1.82, 2.24) is 20.4 Å². The number of nitrogens with zero attached hydrogens (tertiary/aromatic N) is 2. The van der Waals surface area contributed by atoms with Gasteiger partial charge in [-0.25, -0.2) is 4.98 Å². The minimum atomic E-state index is -0.367. The first-order chi connectivity index (χ1) is 15.5. The highest BCUT2D eigenvalue weighted by Gasteiger charge is 2.15. The number of aromatic nitrogens is 2. The third-order valence-corrected chi connectivity index (χ3v) is 5.76. The van der Waals surface area contributed by atoms with Gasteiger partial charge in [-0.2, -0.15) is 0 Å². The van der Waals surface area contributed by atoms with Crippen LogP contribution in [-0.2, 0) is 4.79 Å². The molecule has 32 heavy (non-hydrogen) atoms. The molecule has 4 rings (SSSR count). The number of carbonyl (C=O) groups excluding carboxylic acids is 2. The summed E-state index contributed by atoms with van der Waals surface area (Å²) in [6.45, 7) is 1.94. The first kappa shape index (κ1) is 21.5. The number of hydrazine groups is 1. The van der Waals surface area contributed by atoms with Crippen LogP contribution in [0.3, 0.4) is 0 Å². The SMILES string of the molecule is COc1ccc(-n2c(SCC(=O)NNC(=O)c3ccc(C)cc3)nc3ccccc32)cc1. The Balaban J connectivity index is 1.46. The van der Waals surface area contributed by atoms with Gasteiger partial charge in [0, 0.05) is 11.3 Å². The van der Waals surface area contributed by atoms with Crippen molar-refractivity contribution in [2.24, 2.45) is 0 Å². The molecule has 0 saturated carbocycles. The van der Waals surface area contributed by atoms with Crippen LogP contribution in [0.4, 0.5) is 0 Å². The van der Waals surface area contributed by atoms with Crippen LogP contribution in [0.25, 0.3) is 16.7 Å². The fourth-order valence-corrected chi connectivity index (χ4v) is 3.98. The summed E-state index contributed by atoms with van der Waals surface area (Å²) in [5.74, 6) is 0.155. The monoisotopic (exact) mass is 446 g/mol. The number of ether oxygens (including phenoxy) is 1. The fraction of sp³-hybridized carbons (Fsp3) is 0.125. The number of rotatable bonds is 6. The second-order valence-corrected chi connectivity index (χ2v) is 8.02. The minimum absolute atomic E-state index is 0.0909. The number of hydrogen-bond acceptors (Lipinski definition) is 5. The lowest BCUT2D eigenvalue weighted by atomic mass is 10.1. The first-order valence-corrected chi connectivity index (χ1v) is 10.9. The topological polar surface area (TPSA) is 85.2 Å². The van der Waals surface area contributed by atoms with Crippen molar-refractivity contribution in [2.45, 2.75) is 12.1 Å². The van der Waals surface area contributed by atoms with Crippen LogP contribution >= 0.6 is 11.8 Å². The van der Waals surface area contributed by atoms with E-state index in [9.17, 15) is 9.59 Å². The number of amides is 2. The third kappa shape index (κ3) is 4.76. The summed E-state index contributed by atoms with van der Waals surface area (Å²) in [6, 6.07) is 22.6. The van der Waals surface area contributed by atoms with E-state index in [1.807, 2.05) is 72.2 Å². The Labute approximate surface area is 189 Å². The number of nitrogens with one attached hydrogen (secondary N) is 2. The summed E-state index contributed by atoms with van der Waals surface area (Å²) in [7, 11) is 1.62. The van der Waals surface area contributed by atoms with Gasteiger partial charge in [0.15, 0.2) is 5.16 Å². The van der Waals surface area contributed by atoms with Crippen molar-refractivity contribution < 1.29 is 14.3 Å². The molecule has 0 aliphatic heterocycles. The predicted molar refractivity (Wildman–Crippen MR) is 125 cm³/mol. The molecule has 0 atom stereocenters. The molecule has 8 heteroatoms. The molecule has 0 radical (unpaired) electrons. The second kappa shape index (κ2) is 9.57. The lowest BCUT2D eigenvalue weighted by molar-refractivity contribution is -0.119. The van der Waals surface area contributed by atoms with Crippen LogP contribution in [0, 0.1) is 6.92 Å². The second-order valence-electron chi connectivity index (χ2n) is 7.07. The zero-order valence-corrected chi connectivity index (χ0v) is 18.5. The largest absolute Gasteiger partial charge is 0.497 e. The molecule has 2 N–H and O–H groups in total. The molecule has 0 fully saturated rings. The van der Waals surface area contributed by atoms with E-state index in [4.69, 9.17) is 4.74 Å². The number of imidazole rings is 1. The number of aryl methyl sites for hydroxylation is 1. The molecule has 0 aliphatic rings. The van der Waals surface area contributed by atoms with E-state index < -0.39 is 0 Å². The Bertz CT molecular complexity index is 1250. The smallest absolute Gasteiger partial charge is 0.269 e. The number of fused-ring (bicyclic) bond motifs is 1. The lowest BCUT2D eigenvalue weighted by Gasteiger charge is -2.10. The number of thioether (sulfide) groups is 1. The van der Waals surface area contributed by atoms with Crippen molar-refractivity contribution in [3.63, 3.8) is 0 Å². The number of carbonyl (C=O) groups is 2. The minimum Gasteiger partial charge on any atom is -0.497 e. The summed E-state index contributed by atoms with van der Waals surface area (Å²) < 4.78 is 7.25. The van der Waals surface area contributed by atoms with Crippen LogP contribution in [0.5, 0.6) is 5.75 Å². The van der Waals surface area contributed by atoms with Crippen LogP contribution in [0.1, 0.15) is 15.9 Å². The quantitative estimate of drug-likeness (QED) is 0.347. The number of para-hydroxylation sites is 2. The van der Waals surface area contributed by atoms with Gasteiger partial charge in [0.25, 0.3) is 5.91 Å². The molecule has 0 spiro atoms.